The van der Waals surface area contributed by atoms with Gasteiger partial charge in [-0.3, -0.25) is 9.69 Å². The van der Waals surface area contributed by atoms with Crippen LogP contribution >= 0.6 is 0 Å². The Morgan fingerprint density at radius 2 is 2.28 bits per heavy atom. The molecule has 7 heteroatoms. The molecule has 0 N–H and O–H groups in total. The minimum Gasteiger partial charge on any atom is -0.346 e. The van der Waals surface area contributed by atoms with Crippen LogP contribution < -0.4 is 0 Å². The topological polar surface area (TPSA) is 86.3 Å². The predicted molar refractivity (Wildman–Crippen MR) is 90.5 cm³/mol. The fourth-order valence-corrected chi connectivity index (χ4v) is 2.81. The summed E-state index contributed by atoms with van der Waals surface area (Å²) >= 11 is 0. The number of carbonyl (C=O) groups is 1. The van der Waals surface area contributed by atoms with Gasteiger partial charge in [-0.05, 0) is 17.7 Å². The first-order valence-electron chi connectivity index (χ1n) is 8.30. The molecule has 130 valence electrons. The van der Waals surface area contributed by atoms with Crippen molar-refractivity contribution in [3.05, 3.63) is 47.1 Å². The van der Waals surface area contributed by atoms with Crippen LogP contribution in [0.25, 0.3) is 0 Å². The van der Waals surface area contributed by atoms with Gasteiger partial charge >= 0.3 is 0 Å². The summed E-state index contributed by atoms with van der Waals surface area (Å²) in [5, 5.41) is 13.0. The fourth-order valence-electron chi connectivity index (χ4n) is 2.81. The zero-order valence-electron chi connectivity index (χ0n) is 14.5. The lowest BCUT2D eigenvalue weighted by Gasteiger charge is -2.37. The van der Waals surface area contributed by atoms with Gasteiger partial charge in [0.05, 0.1) is 17.6 Å². The van der Waals surface area contributed by atoms with E-state index in [1.165, 1.54) is 6.92 Å². The Hall–Kier alpha value is -2.72. The summed E-state index contributed by atoms with van der Waals surface area (Å²) < 4.78 is 5.36. The molecule has 0 unspecified atom stereocenters. The number of carbonyl (C=O) groups excluding carboxylic acids is 1. The van der Waals surface area contributed by atoms with Gasteiger partial charge in [-0.2, -0.15) is 10.2 Å². The average molecular weight is 339 g/mol. The van der Waals surface area contributed by atoms with E-state index in [1.54, 1.807) is 11.9 Å². The summed E-state index contributed by atoms with van der Waals surface area (Å²) in [6, 6.07) is 9.84. The van der Waals surface area contributed by atoms with Crippen molar-refractivity contribution in [2.45, 2.75) is 25.8 Å². The van der Waals surface area contributed by atoms with Crippen LogP contribution in [0.5, 0.6) is 0 Å². The molecular formula is C18H21N5O2. The third-order valence-electron chi connectivity index (χ3n) is 4.46. The average Bonchev–Trinajstić information content (AvgIpc) is 3.04. The molecule has 1 amide bonds. The molecule has 2 heterocycles. The van der Waals surface area contributed by atoms with E-state index in [4.69, 9.17) is 9.78 Å². The molecule has 25 heavy (non-hydrogen) atoms. The second-order valence-electron chi connectivity index (χ2n) is 6.44. The molecule has 3 rings (SSSR count). The minimum absolute atomic E-state index is 0.0267. The smallest absolute Gasteiger partial charge is 0.232 e. The summed E-state index contributed by atoms with van der Waals surface area (Å²) in [6.45, 7) is 4.67. The summed E-state index contributed by atoms with van der Waals surface area (Å²) in [5.74, 6) is 1.59. The first-order chi connectivity index (χ1) is 12.0. The highest BCUT2D eigenvalue weighted by Gasteiger charge is 2.32. The number of likely N-dealkylation sites (tertiary alicyclic amines) is 1. The Bertz CT molecular complexity index is 789. The van der Waals surface area contributed by atoms with Gasteiger partial charge in [0.15, 0.2) is 5.82 Å². The molecule has 0 bridgehead atoms. The second kappa shape index (κ2) is 7.45. The van der Waals surface area contributed by atoms with Crippen LogP contribution in [-0.4, -0.2) is 52.5 Å². The molecule has 1 fully saturated rings. The van der Waals surface area contributed by atoms with Crippen molar-refractivity contribution in [1.29, 1.82) is 5.26 Å². The van der Waals surface area contributed by atoms with E-state index in [-0.39, 0.29) is 11.8 Å². The Balaban J connectivity index is 1.48. The lowest BCUT2D eigenvalue weighted by atomic mass is 9.99. The van der Waals surface area contributed by atoms with E-state index in [0.717, 1.165) is 25.2 Å². The van der Waals surface area contributed by atoms with Crippen molar-refractivity contribution >= 4 is 5.91 Å². The lowest BCUT2D eigenvalue weighted by Crippen LogP contribution is -2.44. The van der Waals surface area contributed by atoms with E-state index >= 15 is 0 Å². The largest absolute Gasteiger partial charge is 0.346 e. The second-order valence-corrected chi connectivity index (χ2v) is 6.44. The number of aromatic nitrogens is 2. The van der Waals surface area contributed by atoms with Gasteiger partial charge in [-0.25, -0.2) is 0 Å². The summed E-state index contributed by atoms with van der Waals surface area (Å²) in [4.78, 5) is 19.6. The highest BCUT2D eigenvalue weighted by Crippen LogP contribution is 2.27. The van der Waals surface area contributed by atoms with Crippen LogP contribution in [0.4, 0.5) is 0 Å². The maximum Gasteiger partial charge on any atom is 0.232 e. The lowest BCUT2D eigenvalue weighted by molar-refractivity contribution is -0.127. The Kier molecular flexibility index (Phi) is 5.10. The molecule has 1 aliphatic heterocycles. The monoisotopic (exact) mass is 339 g/mol. The molecular weight excluding hydrogens is 318 g/mol. The number of benzene rings is 1. The van der Waals surface area contributed by atoms with Gasteiger partial charge in [0.2, 0.25) is 11.8 Å². The number of hydrogen-bond acceptors (Lipinski definition) is 6. The SMILES string of the molecule is CC(=O)N(C)CCc1noc(C2CN(Cc3cccc(C#N)c3)C2)n1. The Labute approximate surface area is 146 Å². The van der Waals surface area contributed by atoms with Crippen LogP contribution in [0.1, 0.15) is 35.7 Å². The van der Waals surface area contributed by atoms with E-state index in [1.807, 2.05) is 24.3 Å². The molecule has 1 aromatic carbocycles. The minimum atomic E-state index is 0.0267. The zero-order chi connectivity index (χ0) is 17.8. The first-order valence-corrected chi connectivity index (χ1v) is 8.30. The standard InChI is InChI=1S/C18H21N5O2/c1-13(24)22(2)7-6-17-20-18(25-21-17)16-11-23(12-16)10-15-5-3-4-14(8-15)9-19/h3-5,8,16H,6-7,10-12H2,1-2H3. The number of amides is 1. The van der Waals surface area contributed by atoms with Crippen molar-refractivity contribution in [3.63, 3.8) is 0 Å². The van der Waals surface area contributed by atoms with Crippen LogP contribution in [0.3, 0.4) is 0 Å². The van der Waals surface area contributed by atoms with Crippen LogP contribution in [-0.2, 0) is 17.8 Å². The molecule has 1 saturated heterocycles. The Morgan fingerprint density at radius 1 is 1.48 bits per heavy atom. The third kappa shape index (κ3) is 4.22. The van der Waals surface area contributed by atoms with Crippen LogP contribution in [0.2, 0.25) is 0 Å². The number of hydrogen-bond donors (Lipinski definition) is 0. The highest BCUT2D eigenvalue weighted by molar-refractivity contribution is 5.72. The molecule has 0 aliphatic carbocycles. The molecule has 0 radical (unpaired) electrons. The predicted octanol–water partition coefficient (Wildman–Crippen LogP) is 1.56. The van der Waals surface area contributed by atoms with E-state index in [9.17, 15) is 4.79 Å². The van der Waals surface area contributed by atoms with Crippen LogP contribution in [0.15, 0.2) is 28.8 Å². The molecule has 2 aromatic rings. The molecule has 0 spiro atoms. The fraction of sp³-hybridized carbons (Fsp3) is 0.444. The summed E-state index contributed by atoms with van der Waals surface area (Å²) in [5.41, 5.74) is 1.82. The first kappa shape index (κ1) is 17.1. The van der Waals surface area contributed by atoms with E-state index in [0.29, 0.717) is 30.2 Å². The van der Waals surface area contributed by atoms with E-state index in [2.05, 4.69) is 21.1 Å². The molecule has 7 nitrogen and oxygen atoms in total. The number of nitriles is 1. The normalized spacial score (nSPS) is 14.8. The molecule has 1 aliphatic rings. The number of nitrogens with zero attached hydrogens (tertiary/aromatic N) is 5. The van der Waals surface area contributed by atoms with Crippen molar-refractivity contribution in [2.24, 2.45) is 0 Å². The van der Waals surface area contributed by atoms with Crippen LogP contribution in [0, 0.1) is 11.3 Å². The van der Waals surface area contributed by atoms with Crippen molar-refractivity contribution < 1.29 is 9.32 Å². The maximum absolute atomic E-state index is 11.2. The maximum atomic E-state index is 11.2. The highest BCUT2D eigenvalue weighted by atomic mass is 16.5. The molecule has 0 atom stereocenters. The van der Waals surface area contributed by atoms with Gasteiger partial charge < -0.3 is 9.42 Å². The quantitative estimate of drug-likeness (QED) is 0.794. The zero-order valence-corrected chi connectivity index (χ0v) is 14.5. The van der Waals surface area contributed by atoms with Gasteiger partial charge in [-0.1, -0.05) is 17.3 Å². The van der Waals surface area contributed by atoms with Gasteiger partial charge in [0, 0.05) is 46.6 Å². The van der Waals surface area contributed by atoms with Crippen molar-refractivity contribution in [1.82, 2.24) is 19.9 Å². The van der Waals surface area contributed by atoms with Crippen molar-refractivity contribution in [2.75, 3.05) is 26.7 Å². The summed E-state index contributed by atoms with van der Waals surface area (Å²) in [7, 11) is 1.76. The Morgan fingerprint density at radius 3 is 3.00 bits per heavy atom. The number of likely N-dealkylation sites (N-methyl/N-ethyl adjacent to an activating group) is 1. The van der Waals surface area contributed by atoms with Gasteiger partial charge in [0.25, 0.3) is 0 Å². The number of rotatable bonds is 6. The third-order valence-corrected chi connectivity index (χ3v) is 4.46. The van der Waals surface area contributed by atoms with Crippen molar-refractivity contribution in [3.8, 4) is 6.07 Å². The summed E-state index contributed by atoms with van der Waals surface area (Å²) in [6.07, 6.45) is 0.594. The van der Waals surface area contributed by atoms with E-state index < -0.39 is 0 Å². The van der Waals surface area contributed by atoms with Gasteiger partial charge in [-0.15, -0.1) is 0 Å². The van der Waals surface area contributed by atoms with Gasteiger partial charge in [0.1, 0.15) is 0 Å². The molecule has 0 saturated carbocycles. The molecule has 1 aromatic heterocycles.